The van der Waals surface area contributed by atoms with Gasteiger partial charge in [0.05, 0.1) is 0 Å². The second kappa shape index (κ2) is 4.64. The van der Waals surface area contributed by atoms with Gasteiger partial charge in [-0.15, -0.1) is 0 Å². The first-order chi connectivity index (χ1) is 8.50. The highest BCUT2D eigenvalue weighted by atomic mass is 19.1. The Bertz CT molecular complexity index is 595. The average Bonchev–Trinajstić information content (AvgIpc) is 2.35. The molecule has 0 radical (unpaired) electrons. The van der Waals surface area contributed by atoms with Crippen LogP contribution in [0.5, 0.6) is 0 Å². The summed E-state index contributed by atoms with van der Waals surface area (Å²) >= 11 is 0. The fraction of sp³-hybridized carbons (Fsp3) is 0.143. The zero-order chi connectivity index (χ0) is 13.3. The second-order valence-electron chi connectivity index (χ2n) is 4.20. The molecule has 2 aromatic carbocycles. The van der Waals surface area contributed by atoms with Crippen LogP contribution in [-0.2, 0) is 0 Å². The summed E-state index contributed by atoms with van der Waals surface area (Å²) in [5, 5.41) is 2.76. The molecule has 2 nitrogen and oxygen atoms in total. The van der Waals surface area contributed by atoms with Crippen LogP contribution in [-0.4, -0.2) is 0 Å². The summed E-state index contributed by atoms with van der Waals surface area (Å²) in [6.45, 7) is 3.38. The van der Waals surface area contributed by atoms with Crippen molar-refractivity contribution in [1.29, 1.82) is 0 Å². The molecule has 0 saturated heterocycles. The predicted octanol–water partition coefficient (Wildman–Crippen LogP) is 3.91. The Morgan fingerprint density at radius 1 is 1.06 bits per heavy atom. The molecule has 0 bridgehead atoms. The molecule has 0 spiro atoms. The Kier molecular flexibility index (Phi) is 3.19. The van der Waals surface area contributed by atoms with E-state index in [0.29, 0.717) is 16.9 Å². The lowest BCUT2D eigenvalue weighted by molar-refractivity contribution is 0.585. The van der Waals surface area contributed by atoms with Gasteiger partial charge in [-0.1, -0.05) is 12.1 Å². The molecule has 0 atom stereocenters. The van der Waals surface area contributed by atoms with E-state index in [4.69, 9.17) is 5.73 Å². The van der Waals surface area contributed by atoms with Gasteiger partial charge in [-0.3, -0.25) is 0 Å². The highest BCUT2D eigenvalue weighted by Crippen LogP contribution is 2.29. The lowest BCUT2D eigenvalue weighted by atomic mass is 10.1. The lowest BCUT2D eigenvalue weighted by Gasteiger charge is -2.13. The number of nitrogen functional groups attached to an aromatic ring is 1. The average molecular weight is 248 g/mol. The Morgan fingerprint density at radius 3 is 2.50 bits per heavy atom. The minimum atomic E-state index is -0.625. The largest absolute Gasteiger partial charge is 0.398 e. The van der Waals surface area contributed by atoms with Crippen molar-refractivity contribution >= 4 is 17.1 Å². The first kappa shape index (κ1) is 12.4. The van der Waals surface area contributed by atoms with Crippen molar-refractivity contribution in [2.45, 2.75) is 13.8 Å². The van der Waals surface area contributed by atoms with E-state index in [1.807, 2.05) is 0 Å². The molecule has 94 valence electrons. The van der Waals surface area contributed by atoms with Gasteiger partial charge in [0.15, 0.2) is 5.82 Å². The van der Waals surface area contributed by atoms with Gasteiger partial charge >= 0.3 is 0 Å². The van der Waals surface area contributed by atoms with Crippen LogP contribution >= 0.6 is 0 Å². The van der Waals surface area contributed by atoms with Gasteiger partial charge in [-0.2, -0.15) is 0 Å². The summed E-state index contributed by atoms with van der Waals surface area (Å²) in [7, 11) is 0. The third-order valence-corrected chi connectivity index (χ3v) is 2.92. The van der Waals surface area contributed by atoms with Crippen molar-refractivity contribution in [2.24, 2.45) is 0 Å². The van der Waals surface area contributed by atoms with Crippen LogP contribution in [0.25, 0.3) is 0 Å². The summed E-state index contributed by atoms with van der Waals surface area (Å²) < 4.78 is 27.5. The Labute approximate surface area is 104 Å². The fourth-order valence-electron chi connectivity index (χ4n) is 1.69. The van der Waals surface area contributed by atoms with E-state index in [9.17, 15) is 8.78 Å². The Hall–Kier alpha value is -2.10. The zero-order valence-electron chi connectivity index (χ0n) is 10.2. The van der Waals surface area contributed by atoms with Gasteiger partial charge in [-0.25, -0.2) is 8.78 Å². The molecule has 0 fully saturated rings. The molecule has 0 aromatic heterocycles. The molecular weight excluding hydrogens is 234 g/mol. The first-order valence-corrected chi connectivity index (χ1v) is 5.57. The van der Waals surface area contributed by atoms with Crippen molar-refractivity contribution in [2.75, 3.05) is 11.1 Å². The summed E-state index contributed by atoms with van der Waals surface area (Å²) in [5.74, 6) is -1.21. The molecule has 0 saturated carbocycles. The number of rotatable bonds is 2. The minimum absolute atomic E-state index is 0.149. The number of hydrogen-bond donors (Lipinski definition) is 2. The van der Waals surface area contributed by atoms with Crippen molar-refractivity contribution in [1.82, 2.24) is 0 Å². The number of aryl methyl sites for hydroxylation is 1. The second-order valence-corrected chi connectivity index (χ2v) is 4.20. The highest BCUT2D eigenvalue weighted by molar-refractivity contribution is 5.70. The summed E-state index contributed by atoms with van der Waals surface area (Å²) in [4.78, 5) is 0. The molecule has 3 N–H and O–H groups in total. The molecule has 2 aromatic rings. The van der Waals surface area contributed by atoms with Crippen LogP contribution in [0, 0.1) is 25.5 Å². The maximum absolute atomic E-state index is 13.8. The zero-order valence-corrected chi connectivity index (χ0v) is 10.2. The number of hydrogen-bond acceptors (Lipinski definition) is 2. The van der Waals surface area contributed by atoms with E-state index < -0.39 is 11.6 Å². The van der Waals surface area contributed by atoms with E-state index >= 15 is 0 Å². The molecule has 4 heteroatoms. The first-order valence-electron chi connectivity index (χ1n) is 5.57. The fourth-order valence-corrected chi connectivity index (χ4v) is 1.69. The quantitative estimate of drug-likeness (QED) is 0.791. The van der Waals surface area contributed by atoms with Crippen molar-refractivity contribution in [3.8, 4) is 0 Å². The molecular formula is C14H14F2N2. The van der Waals surface area contributed by atoms with Crippen LogP contribution in [0.15, 0.2) is 30.3 Å². The van der Waals surface area contributed by atoms with Crippen LogP contribution in [0.4, 0.5) is 25.8 Å². The van der Waals surface area contributed by atoms with Crippen molar-refractivity contribution in [3.63, 3.8) is 0 Å². The Morgan fingerprint density at radius 2 is 1.78 bits per heavy atom. The number of nitrogens with one attached hydrogen (secondary N) is 1. The van der Waals surface area contributed by atoms with Gasteiger partial charge in [0.2, 0.25) is 0 Å². The normalized spacial score (nSPS) is 10.4. The van der Waals surface area contributed by atoms with Gasteiger partial charge in [0, 0.05) is 11.4 Å². The third-order valence-electron chi connectivity index (χ3n) is 2.92. The number of benzene rings is 2. The van der Waals surface area contributed by atoms with Gasteiger partial charge < -0.3 is 11.1 Å². The number of nitrogens with two attached hydrogens (primary N) is 1. The Balaban J connectivity index is 2.46. The van der Waals surface area contributed by atoms with Crippen LogP contribution in [0.1, 0.15) is 11.1 Å². The van der Waals surface area contributed by atoms with Crippen LogP contribution in [0.2, 0.25) is 0 Å². The minimum Gasteiger partial charge on any atom is -0.398 e. The molecule has 18 heavy (non-hydrogen) atoms. The molecule has 0 heterocycles. The number of halogens is 2. The smallest absolute Gasteiger partial charge is 0.152 e. The van der Waals surface area contributed by atoms with E-state index in [-0.39, 0.29) is 5.69 Å². The molecule has 0 aliphatic heterocycles. The van der Waals surface area contributed by atoms with E-state index in [0.717, 1.165) is 5.56 Å². The van der Waals surface area contributed by atoms with Crippen molar-refractivity contribution in [3.05, 3.63) is 53.1 Å². The molecule has 0 amide bonds. The van der Waals surface area contributed by atoms with Crippen molar-refractivity contribution < 1.29 is 8.78 Å². The van der Waals surface area contributed by atoms with E-state index in [1.54, 1.807) is 32.0 Å². The lowest BCUT2D eigenvalue weighted by Crippen LogP contribution is -2.02. The SMILES string of the molecule is Cc1ccc(F)c(Nc2cccc(N)c2C)c1F. The topological polar surface area (TPSA) is 38.0 Å². The van der Waals surface area contributed by atoms with Gasteiger partial charge in [0.1, 0.15) is 11.5 Å². The summed E-state index contributed by atoms with van der Waals surface area (Å²) in [6, 6.07) is 7.84. The third kappa shape index (κ3) is 2.14. The van der Waals surface area contributed by atoms with E-state index in [2.05, 4.69) is 5.32 Å². The maximum Gasteiger partial charge on any atom is 0.152 e. The number of anilines is 3. The van der Waals surface area contributed by atoms with Crippen LogP contribution < -0.4 is 11.1 Å². The molecule has 0 unspecified atom stereocenters. The van der Waals surface area contributed by atoms with Crippen LogP contribution in [0.3, 0.4) is 0 Å². The highest BCUT2D eigenvalue weighted by Gasteiger charge is 2.12. The van der Waals surface area contributed by atoms with Gasteiger partial charge in [0.25, 0.3) is 0 Å². The molecule has 2 rings (SSSR count). The van der Waals surface area contributed by atoms with Gasteiger partial charge in [-0.05, 0) is 43.2 Å². The summed E-state index contributed by atoms with van der Waals surface area (Å²) in [5.41, 5.74) is 7.93. The van der Waals surface area contributed by atoms with E-state index in [1.165, 1.54) is 12.1 Å². The monoisotopic (exact) mass is 248 g/mol. The molecule has 0 aliphatic rings. The predicted molar refractivity (Wildman–Crippen MR) is 70.0 cm³/mol. The standard InChI is InChI=1S/C14H14F2N2/c1-8-6-7-10(15)14(13(8)16)18-12-5-3-4-11(17)9(12)2/h3-7,18H,17H2,1-2H3. The summed E-state index contributed by atoms with van der Waals surface area (Å²) in [6.07, 6.45) is 0. The maximum atomic E-state index is 13.8. The molecule has 0 aliphatic carbocycles.